The van der Waals surface area contributed by atoms with E-state index in [4.69, 9.17) is 37.4 Å². The molecule has 1 aliphatic heterocycles. The molecule has 3 aromatic rings. The van der Waals surface area contributed by atoms with Gasteiger partial charge in [0, 0.05) is 38.0 Å². The van der Waals surface area contributed by atoms with Crippen molar-refractivity contribution in [1.82, 2.24) is 14.5 Å². The third-order valence-electron chi connectivity index (χ3n) is 6.75. The van der Waals surface area contributed by atoms with E-state index in [-0.39, 0.29) is 6.61 Å². The Morgan fingerprint density at radius 2 is 1.89 bits per heavy atom. The minimum absolute atomic E-state index is 0.218. The van der Waals surface area contributed by atoms with Crippen LogP contribution in [0.2, 0.25) is 10.0 Å². The van der Waals surface area contributed by atoms with Crippen molar-refractivity contribution in [2.24, 2.45) is 0 Å². The highest BCUT2D eigenvalue weighted by Crippen LogP contribution is 2.31. The molecule has 2 heterocycles. The number of aryl methyl sites for hydroxylation is 1. The zero-order valence-corrected chi connectivity index (χ0v) is 23.0. The van der Waals surface area contributed by atoms with Crippen LogP contribution >= 0.6 is 23.2 Å². The van der Waals surface area contributed by atoms with Gasteiger partial charge < -0.3 is 23.9 Å². The molecule has 2 aromatic carbocycles. The number of imidazole rings is 1. The van der Waals surface area contributed by atoms with Gasteiger partial charge in [-0.3, -0.25) is 4.90 Å². The van der Waals surface area contributed by atoms with Gasteiger partial charge in [-0.1, -0.05) is 36.2 Å². The van der Waals surface area contributed by atoms with Crippen LogP contribution in [0.3, 0.4) is 0 Å². The van der Waals surface area contributed by atoms with Crippen molar-refractivity contribution in [3.63, 3.8) is 0 Å². The molecule has 1 saturated heterocycles. The molecule has 0 saturated carbocycles. The second-order valence-electron chi connectivity index (χ2n) is 9.44. The van der Waals surface area contributed by atoms with Crippen molar-refractivity contribution in [3.8, 4) is 17.2 Å². The number of ether oxygens (including phenoxy) is 3. The maximum Gasteiger partial charge on any atom is 0.161 e. The number of rotatable bonds is 11. The SMILES string of the molecule is CCc1nccn1CCOc1cc(CN2CCCC(O)(COc3ccc(Cl)c(Cl)c3)CC2)ccc1OC. The second-order valence-corrected chi connectivity index (χ2v) is 10.3. The molecule has 1 aliphatic rings. The molecule has 1 N–H and O–H groups in total. The number of likely N-dealkylation sites (tertiary alicyclic amines) is 1. The summed E-state index contributed by atoms with van der Waals surface area (Å²) in [6.45, 7) is 6.01. The lowest BCUT2D eigenvalue weighted by Crippen LogP contribution is -2.37. The molecule has 1 atom stereocenters. The Kier molecular flexibility index (Phi) is 9.60. The standard InChI is InChI=1S/C28H35Cl2N3O4/c1-3-27-31-11-14-33(27)15-16-36-26-17-21(5-8-25(26)35-2)19-32-12-4-9-28(34,10-13-32)20-37-22-6-7-23(29)24(30)18-22/h5-8,11,14,17-18,34H,3-4,9-10,12-13,15-16,19-20H2,1-2H3. The first-order valence-electron chi connectivity index (χ1n) is 12.7. The van der Waals surface area contributed by atoms with Crippen LogP contribution in [0.15, 0.2) is 48.8 Å². The van der Waals surface area contributed by atoms with Crippen LogP contribution in [-0.4, -0.2) is 58.6 Å². The third-order valence-corrected chi connectivity index (χ3v) is 7.49. The van der Waals surface area contributed by atoms with Gasteiger partial charge in [0.1, 0.15) is 24.8 Å². The van der Waals surface area contributed by atoms with Crippen LogP contribution in [0, 0.1) is 0 Å². The summed E-state index contributed by atoms with van der Waals surface area (Å²) >= 11 is 12.1. The fraction of sp³-hybridized carbons (Fsp3) is 0.464. The average molecular weight is 549 g/mol. The fourth-order valence-corrected chi connectivity index (χ4v) is 4.91. The number of nitrogens with zero attached hydrogens (tertiary/aromatic N) is 3. The Hall–Kier alpha value is -2.45. The van der Waals surface area contributed by atoms with Crippen molar-refractivity contribution in [2.75, 3.05) is 33.4 Å². The van der Waals surface area contributed by atoms with E-state index in [1.54, 1.807) is 25.3 Å². The smallest absolute Gasteiger partial charge is 0.161 e. The van der Waals surface area contributed by atoms with E-state index in [0.29, 0.717) is 35.2 Å². The first-order valence-corrected chi connectivity index (χ1v) is 13.5. The molecule has 1 fully saturated rings. The maximum absolute atomic E-state index is 11.2. The topological polar surface area (TPSA) is 69.0 Å². The van der Waals surface area contributed by atoms with Gasteiger partial charge in [0.05, 0.1) is 29.3 Å². The van der Waals surface area contributed by atoms with Gasteiger partial charge >= 0.3 is 0 Å². The molecule has 9 heteroatoms. The predicted octanol–water partition coefficient (Wildman–Crippen LogP) is 5.64. The second kappa shape index (κ2) is 12.9. The largest absolute Gasteiger partial charge is 0.493 e. The molecule has 0 spiro atoms. The lowest BCUT2D eigenvalue weighted by atomic mass is 9.96. The van der Waals surface area contributed by atoms with Gasteiger partial charge in [0.25, 0.3) is 0 Å². The molecule has 37 heavy (non-hydrogen) atoms. The van der Waals surface area contributed by atoms with Crippen molar-refractivity contribution < 1.29 is 19.3 Å². The molecule has 0 bridgehead atoms. The Bertz CT molecular complexity index is 1170. The van der Waals surface area contributed by atoms with Gasteiger partial charge in [-0.25, -0.2) is 4.98 Å². The fourth-order valence-electron chi connectivity index (χ4n) is 4.62. The van der Waals surface area contributed by atoms with Crippen molar-refractivity contribution >= 4 is 23.2 Å². The minimum Gasteiger partial charge on any atom is -0.493 e. The zero-order valence-electron chi connectivity index (χ0n) is 21.5. The molecule has 1 aromatic heterocycles. The quantitative estimate of drug-likeness (QED) is 0.335. The van der Waals surface area contributed by atoms with E-state index in [0.717, 1.165) is 61.9 Å². The third kappa shape index (κ3) is 7.54. The first-order chi connectivity index (χ1) is 17.9. The molecule has 0 radical (unpaired) electrons. The highest BCUT2D eigenvalue weighted by Gasteiger charge is 2.31. The summed E-state index contributed by atoms with van der Waals surface area (Å²) in [5.74, 6) is 3.11. The lowest BCUT2D eigenvalue weighted by molar-refractivity contribution is -0.0168. The Morgan fingerprint density at radius 3 is 2.68 bits per heavy atom. The Labute approximate surface area is 228 Å². The van der Waals surface area contributed by atoms with Gasteiger partial charge in [0.15, 0.2) is 11.5 Å². The van der Waals surface area contributed by atoms with E-state index >= 15 is 0 Å². The summed E-state index contributed by atoms with van der Waals surface area (Å²) in [5.41, 5.74) is 0.254. The van der Waals surface area contributed by atoms with Crippen LogP contribution in [-0.2, 0) is 19.5 Å². The monoisotopic (exact) mass is 547 g/mol. The van der Waals surface area contributed by atoms with Gasteiger partial charge in [-0.05, 0) is 55.6 Å². The summed E-state index contributed by atoms with van der Waals surface area (Å²) in [7, 11) is 1.66. The molecule has 7 nitrogen and oxygen atoms in total. The van der Waals surface area contributed by atoms with E-state index in [2.05, 4.69) is 33.5 Å². The normalized spacial score (nSPS) is 18.4. The van der Waals surface area contributed by atoms with Crippen LogP contribution < -0.4 is 14.2 Å². The highest BCUT2D eigenvalue weighted by atomic mass is 35.5. The summed E-state index contributed by atoms with van der Waals surface area (Å²) < 4.78 is 19.6. The number of benzene rings is 2. The van der Waals surface area contributed by atoms with Crippen LogP contribution in [0.4, 0.5) is 0 Å². The predicted molar refractivity (Wildman–Crippen MR) is 146 cm³/mol. The summed E-state index contributed by atoms with van der Waals surface area (Å²) in [6, 6.07) is 11.2. The van der Waals surface area contributed by atoms with Crippen LogP contribution in [0.5, 0.6) is 17.2 Å². The van der Waals surface area contributed by atoms with E-state index in [1.807, 2.05) is 18.5 Å². The molecular formula is C28H35Cl2N3O4. The molecule has 4 rings (SSSR count). The lowest BCUT2D eigenvalue weighted by Gasteiger charge is -2.27. The average Bonchev–Trinajstić information content (AvgIpc) is 3.27. The summed E-state index contributed by atoms with van der Waals surface area (Å²) in [6.07, 6.45) is 6.87. The van der Waals surface area contributed by atoms with E-state index in [1.165, 1.54) is 0 Å². The molecular weight excluding hydrogens is 513 g/mol. The van der Waals surface area contributed by atoms with E-state index < -0.39 is 5.60 Å². The maximum atomic E-state index is 11.2. The number of aliphatic hydroxyl groups is 1. The summed E-state index contributed by atoms with van der Waals surface area (Å²) in [4.78, 5) is 6.73. The Balaban J connectivity index is 1.31. The van der Waals surface area contributed by atoms with Gasteiger partial charge in [-0.15, -0.1) is 0 Å². The zero-order chi connectivity index (χ0) is 26.3. The first kappa shape index (κ1) is 27.6. The van der Waals surface area contributed by atoms with E-state index in [9.17, 15) is 5.11 Å². The van der Waals surface area contributed by atoms with Gasteiger partial charge in [0.2, 0.25) is 0 Å². The van der Waals surface area contributed by atoms with Crippen molar-refractivity contribution in [2.45, 2.75) is 51.3 Å². The molecule has 0 amide bonds. The number of halogens is 2. The van der Waals surface area contributed by atoms with Crippen LogP contribution in [0.1, 0.15) is 37.6 Å². The molecule has 200 valence electrons. The van der Waals surface area contributed by atoms with Gasteiger partial charge in [-0.2, -0.15) is 0 Å². The van der Waals surface area contributed by atoms with Crippen molar-refractivity contribution in [3.05, 3.63) is 70.2 Å². The number of aromatic nitrogens is 2. The number of hydrogen-bond acceptors (Lipinski definition) is 6. The van der Waals surface area contributed by atoms with Crippen molar-refractivity contribution in [1.29, 1.82) is 0 Å². The minimum atomic E-state index is -0.889. The molecule has 1 unspecified atom stereocenters. The summed E-state index contributed by atoms with van der Waals surface area (Å²) in [5, 5.41) is 12.1. The van der Waals surface area contributed by atoms with Crippen LogP contribution in [0.25, 0.3) is 0 Å². The Morgan fingerprint density at radius 1 is 1.03 bits per heavy atom. The number of methoxy groups -OCH3 is 1. The molecule has 0 aliphatic carbocycles. The highest BCUT2D eigenvalue weighted by molar-refractivity contribution is 6.42. The number of hydrogen-bond donors (Lipinski definition) is 1.